The van der Waals surface area contributed by atoms with Gasteiger partial charge < -0.3 is 24.4 Å². The van der Waals surface area contributed by atoms with Crippen LogP contribution in [-0.4, -0.2) is 70.9 Å². The third-order valence-electron chi connectivity index (χ3n) is 4.97. The van der Waals surface area contributed by atoms with Crippen LogP contribution in [0.2, 0.25) is 0 Å². The third kappa shape index (κ3) is 6.29. The maximum Gasteiger partial charge on any atom is 0.257 e. The normalized spacial score (nSPS) is 14.3. The van der Waals surface area contributed by atoms with Crippen LogP contribution in [0.4, 0.5) is 5.69 Å². The van der Waals surface area contributed by atoms with Crippen LogP contribution in [0.3, 0.4) is 0 Å². The van der Waals surface area contributed by atoms with E-state index in [1.165, 1.54) is 5.69 Å². The quantitative estimate of drug-likeness (QED) is 0.696. The van der Waals surface area contributed by atoms with E-state index >= 15 is 0 Å². The molecule has 7 nitrogen and oxygen atoms in total. The van der Waals surface area contributed by atoms with E-state index in [2.05, 4.69) is 27.2 Å². The number of nitrogens with zero attached hydrogens (tertiary/aromatic N) is 2. The molecule has 1 fully saturated rings. The van der Waals surface area contributed by atoms with Gasteiger partial charge in [-0.25, -0.2) is 0 Å². The zero-order valence-electron chi connectivity index (χ0n) is 17.1. The molecule has 1 N–H and O–H groups in total. The van der Waals surface area contributed by atoms with Gasteiger partial charge in [-0.1, -0.05) is 6.07 Å². The van der Waals surface area contributed by atoms with Crippen molar-refractivity contribution < 1.29 is 19.0 Å². The lowest BCUT2D eigenvalue weighted by Gasteiger charge is -2.36. The highest BCUT2D eigenvalue weighted by Crippen LogP contribution is 2.20. The summed E-state index contributed by atoms with van der Waals surface area (Å²) >= 11 is 0. The molecule has 0 saturated carbocycles. The average Bonchev–Trinajstić information content (AvgIpc) is 2.78. The fraction of sp³-hybridized carbons (Fsp3) is 0.409. The molecule has 0 bridgehead atoms. The molecule has 3 rings (SSSR count). The number of methoxy groups -OCH3 is 2. The molecule has 2 aromatic carbocycles. The van der Waals surface area contributed by atoms with Gasteiger partial charge in [-0.3, -0.25) is 9.69 Å². The molecule has 2 aromatic rings. The van der Waals surface area contributed by atoms with Gasteiger partial charge in [-0.2, -0.15) is 0 Å². The average molecular weight is 399 g/mol. The first-order valence-electron chi connectivity index (χ1n) is 9.83. The Labute approximate surface area is 172 Å². The summed E-state index contributed by atoms with van der Waals surface area (Å²) < 4.78 is 15.9. The van der Waals surface area contributed by atoms with E-state index < -0.39 is 0 Å². The summed E-state index contributed by atoms with van der Waals surface area (Å²) in [5.74, 6) is 2.08. The SMILES string of the molecule is COc1ccc(N2CCN(CCNC(=O)COc3cccc(OC)c3)CC2)cc1. The van der Waals surface area contributed by atoms with Gasteiger partial charge in [0.1, 0.15) is 17.2 Å². The molecular formula is C22H29N3O4. The Morgan fingerprint density at radius 3 is 2.31 bits per heavy atom. The van der Waals surface area contributed by atoms with E-state index in [1.807, 2.05) is 24.3 Å². The van der Waals surface area contributed by atoms with Crippen LogP contribution >= 0.6 is 0 Å². The largest absolute Gasteiger partial charge is 0.497 e. The van der Waals surface area contributed by atoms with Crippen LogP contribution in [0.5, 0.6) is 17.2 Å². The molecule has 0 atom stereocenters. The number of carbonyl (C=O) groups is 1. The molecule has 0 aliphatic carbocycles. The van der Waals surface area contributed by atoms with Crippen molar-refractivity contribution in [3.63, 3.8) is 0 Å². The summed E-state index contributed by atoms with van der Waals surface area (Å²) in [6.07, 6.45) is 0. The van der Waals surface area contributed by atoms with Crippen LogP contribution in [0.1, 0.15) is 0 Å². The predicted octanol–water partition coefficient (Wildman–Crippen LogP) is 2.02. The van der Waals surface area contributed by atoms with Crippen LogP contribution in [-0.2, 0) is 4.79 Å². The van der Waals surface area contributed by atoms with Gasteiger partial charge in [0.25, 0.3) is 5.91 Å². The second-order valence-electron chi connectivity index (χ2n) is 6.84. The maximum atomic E-state index is 12.0. The lowest BCUT2D eigenvalue weighted by molar-refractivity contribution is -0.123. The number of hydrogen-bond acceptors (Lipinski definition) is 6. The van der Waals surface area contributed by atoms with Crippen molar-refractivity contribution in [3.8, 4) is 17.2 Å². The van der Waals surface area contributed by atoms with E-state index in [1.54, 1.807) is 26.4 Å². The predicted molar refractivity (Wildman–Crippen MR) is 113 cm³/mol. The summed E-state index contributed by atoms with van der Waals surface area (Å²) in [6, 6.07) is 15.4. The van der Waals surface area contributed by atoms with Crippen molar-refractivity contribution in [1.29, 1.82) is 0 Å². The van der Waals surface area contributed by atoms with E-state index in [9.17, 15) is 4.79 Å². The van der Waals surface area contributed by atoms with Crippen LogP contribution in [0.25, 0.3) is 0 Å². The topological polar surface area (TPSA) is 63.3 Å². The molecule has 1 saturated heterocycles. The molecular weight excluding hydrogens is 370 g/mol. The zero-order chi connectivity index (χ0) is 20.5. The van der Waals surface area contributed by atoms with Gasteiger partial charge in [-0.15, -0.1) is 0 Å². The Morgan fingerprint density at radius 1 is 0.931 bits per heavy atom. The molecule has 7 heteroatoms. The van der Waals surface area contributed by atoms with E-state index in [4.69, 9.17) is 14.2 Å². The van der Waals surface area contributed by atoms with Gasteiger partial charge in [0, 0.05) is 51.0 Å². The highest BCUT2D eigenvalue weighted by molar-refractivity contribution is 5.77. The minimum Gasteiger partial charge on any atom is -0.497 e. The number of ether oxygens (including phenoxy) is 3. The zero-order valence-corrected chi connectivity index (χ0v) is 17.1. The monoisotopic (exact) mass is 399 g/mol. The molecule has 0 radical (unpaired) electrons. The Hall–Kier alpha value is -2.93. The van der Waals surface area contributed by atoms with Crippen molar-refractivity contribution in [1.82, 2.24) is 10.2 Å². The second kappa shape index (κ2) is 10.6. The first-order chi connectivity index (χ1) is 14.2. The molecule has 0 aromatic heterocycles. The highest BCUT2D eigenvalue weighted by Gasteiger charge is 2.17. The van der Waals surface area contributed by atoms with Crippen LogP contribution < -0.4 is 24.4 Å². The minimum absolute atomic E-state index is 0.00157. The van der Waals surface area contributed by atoms with Gasteiger partial charge in [0.2, 0.25) is 0 Å². The van der Waals surface area contributed by atoms with Gasteiger partial charge in [-0.05, 0) is 36.4 Å². The van der Waals surface area contributed by atoms with Crippen LogP contribution in [0.15, 0.2) is 48.5 Å². The molecule has 156 valence electrons. The van der Waals surface area contributed by atoms with Crippen molar-refractivity contribution in [2.45, 2.75) is 0 Å². The van der Waals surface area contributed by atoms with Gasteiger partial charge in [0.05, 0.1) is 14.2 Å². The molecule has 0 unspecified atom stereocenters. The number of nitrogens with one attached hydrogen (secondary N) is 1. The van der Waals surface area contributed by atoms with E-state index in [-0.39, 0.29) is 12.5 Å². The fourth-order valence-electron chi connectivity index (χ4n) is 3.27. The smallest absolute Gasteiger partial charge is 0.257 e. The summed E-state index contributed by atoms with van der Waals surface area (Å²) in [6.45, 7) is 5.34. The number of anilines is 1. The summed E-state index contributed by atoms with van der Waals surface area (Å²) in [5, 5.41) is 2.92. The number of carbonyl (C=O) groups excluding carboxylic acids is 1. The number of rotatable bonds is 9. The van der Waals surface area contributed by atoms with Crippen molar-refractivity contribution in [3.05, 3.63) is 48.5 Å². The fourth-order valence-corrected chi connectivity index (χ4v) is 3.27. The van der Waals surface area contributed by atoms with E-state index in [0.29, 0.717) is 18.0 Å². The van der Waals surface area contributed by atoms with Crippen molar-refractivity contribution in [2.75, 3.05) is 65.0 Å². The number of piperazine rings is 1. The first kappa shape index (κ1) is 20.8. The Bertz CT molecular complexity index is 774. The summed E-state index contributed by atoms with van der Waals surface area (Å²) in [5.41, 5.74) is 1.22. The van der Waals surface area contributed by atoms with Crippen molar-refractivity contribution >= 4 is 11.6 Å². The lowest BCUT2D eigenvalue weighted by Crippen LogP contribution is -2.48. The number of hydrogen-bond donors (Lipinski definition) is 1. The van der Waals surface area contributed by atoms with Crippen molar-refractivity contribution in [2.24, 2.45) is 0 Å². The van der Waals surface area contributed by atoms with Crippen LogP contribution in [0, 0.1) is 0 Å². The lowest BCUT2D eigenvalue weighted by atomic mass is 10.2. The van der Waals surface area contributed by atoms with Gasteiger partial charge in [0.15, 0.2) is 6.61 Å². The molecule has 29 heavy (non-hydrogen) atoms. The number of benzene rings is 2. The Balaban J connectivity index is 1.32. The second-order valence-corrected chi connectivity index (χ2v) is 6.84. The molecule has 1 amide bonds. The molecule has 0 spiro atoms. The maximum absolute atomic E-state index is 12.0. The van der Waals surface area contributed by atoms with E-state index in [0.717, 1.165) is 38.5 Å². The third-order valence-corrected chi connectivity index (χ3v) is 4.97. The standard InChI is InChI=1S/C22H29N3O4/c1-27-19-8-6-18(7-9-19)25-14-12-24(13-15-25)11-10-23-22(26)17-29-21-5-3-4-20(16-21)28-2/h3-9,16H,10-15,17H2,1-2H3,(H,23,26). The van der Waals surface area contributed by atoms with Gasteiger partial charge >= 0.3 is 0 Å². The molecule has 1 aliphatic heterocycles. The first-order valence-corrected chi connectivity index (χ1v) is 9.83. The Morgan fingerprint density at radius 2 is 1.62 bits per heavy atom. The molecule has 1 heterocycles. The Kier molecular flexibility index (Phi) is 7.58. The summed E-state index contributed by atoms with van der Waals surface area (Å²) in [7, 11) is 3.28. The number of amides is 1. The molecule has 1 aliphatic rings. The summed E-state index contributed by atoms with van der Waals surface area (Å²) in [4.78, 5) is 16.7. The minimum atomic E-state index is -0.121. The highest BCUT2D eigenvalue weighted by atomic mass is 16.5.